The van der Waals surface area contributed by atoms with Gasteiger partial charge in [0.1, 0.15) is 45.7 Å². The molecule has 2 N–H and O–H groups in total. The lowest BCUT2D eigenvalue weighted by molar-refractivity contribution is -0.140. The van der Waals surface area contributed by atoms with Crippen LogP contribution in [0.4, 0.5) is 0 Å². The van der Waals surface area contributed by atoms with E-state index in [-0.39, 0.29) is 40.7 Å². The number of Topliss-reactive ketones (excluding diaryl/α,β-unsaturated/α-hetero) is 2. The number of allylic oxidation sites excluding steroid dienone is 2. The second kappa shape index (κ2) is 10.1. The lowest BCUT2D eigenvalue weighted by Crippen LogP contribution is -2.47. The van der Waals surface area contributed by atoms with E-state index in [0.717, 1.165) is 41.5 Å². The maximum Gasteiger partial charge on any atom is 0.259 e. The van der Waals surface area contributed by atoms with Gasteiger partial charge in [0.15, 0.2) is 17.3 Å². The molecule has 9 heteroatoms. The van der Waals surface area contributed by atoms with E-state index in [9.17, 15) is 24.3 Å². The summed E-state index contributed by atoms with van der Waals surface area (Å²) in [5.74, 6) is -3.84. The third-order valence-corrected chi connectivity index (χ3v) is 7.47. The van der Waals surface area contributed by atoms with E-state index in [1.807, 2.05) is 43.3 Å². The summed E-state index contributed by atoms with van der Waals surface area (Å²) in [4.78, 5) is 51.8. The van der Waals surface area contributed by atoms with Crippen molar-refractivity contribution < 1.29 is 38.5 Å². The topological polar surface area (TPSA) is 128 Å². The number of ether oxygens (including phenoxy) is 3. The Bertz CT molecular complexity index is 1620. The minimum atomic E-state index is -1.63. The maximum atomic E-state index is 13.6. The fourth-order valence-corrected chi connectivity index (χ4v) is 5.44. The monoisotopic (exact) mass is 543 g/mol. The molecule has 0 aromatic heterocycles. The van der Waals surface area contributed by atoms with Gasteiger partial charge in [-0.1, -0.05) is 37.3 Å². The quantitative estimate of drug-likeness (QED) is 0.406. The first-order valence-electron chi connectivity index (χ1n) is 13.0. The number of hydrogen-bond acceptors (Lipinski definition) is 8. The Morgan fingerprint density at radius 3 is 2.50 bits per heavy atom. The van der Waals surface area contributed by atoms with Gasteiger partial charge < -0.3 is 24.6 Å². The average Bonchev–Trinajstić information content (AvgIpc) is 3.23. The van der Waals surface area contributed by atoms with Crippen molar-refractivity contribution in [3.63, 3.8) is 0 Å². The van der Waals surface area contributed by atoms with Gasteiger partial charge in [-0.05, 0) is 37.3 Å². The van der Waals surface area contributed by atoms with Crippen LogP contribution in [0.15, 0.2) is 54.3 Å². The van der Waals surface area contributed by atoms with E-state index < -0.39 is 34.6 Å². The van der Waals surface area contributed by atoms with Gasteiger partial charge in [0.05, 0.1) is 19.3 Å². The number of amides is 1. The van der Waals surface area contributed by atoms with Crippen molar-refractivity contribution in [2.45, 2.75) is 39.2 Å². The molecule has 9 nitrogen and oxygen atoms in total. The molecule has 1 unspecified atom stereocenters. The number of carbonyl (C=O) groups excluding carboxylic acids is 4. The van der Waals surface area contributed by atoms with Crippen LogP contribution in [0, 0.1) is 5.92 Å². The smallest absolute Gasteiger partial charge is 0.259 e. The van der Waals surface area contributed by atoms with Crippen LogP contribution < -0.4 is 19.5 Å². The molecule has 1 heterocycles. The van der Waals surface area contributed by atoms with Gasteiger partial charge >= 0.3 is 0 Å². The molecule has 0 saturated heterocycles. The molecule has 2 aliphatic rings. The Morgan fingerprint density at radius 2 is 1.82 bits per heavy atom. The van der Waals surface area contributed by atoms with Gasteiger partial charge in [0, 0.05) is 24.1 Å². The number of ketones is 3. The van der Waals surface area contributed by atoms with Gasteiger partial charge in [-0.3, -0.25) is 19.2 Å². The third kappa shape index (κ3) is 4.09. The van der Waals surface area contributed by atoms with Gasteiger partial charge in [-0.25, -0.2) is 0 Å². The first-order valence-corrected chi connectivity index (χ1v) is 13.0. The predicted molar refractivity (Wildman–Crippen MR) is 146 cm³/mol. The lowest BCUT2D eigenvalue weighted by Gasteiger charge is -2.30. The molecule has 0 fully saturated rings. The molecule has 3 aromatic rings. The third-order valence-electron chi connectivity index (χ3n) is 7.47. The first-order chi connectivity index (χ1) is 19.1. The highest BCUT2D eigenvalue weighted by atomic mass is 16.5. The minimum Gasteiger partial charge on any atom is -0.507 e. The summed E-state index contributed by atoms with van der Waals surface area (Å²) < 4.78 is 17.2. The molecular formula is C31H29NO8. The first kappa shape index (κ1) is 26.9. The van der Waals surface area contributed by atoms with Crippen molar-refractivity contribution in [2.24, 2.45) is 5.92 Å². The van der Waals surface area contributed by atoms with E-state index >= 15 is 0 Å². The number of phenols is 1. The number of hydrogen-bond donors (Lipinski definition) is 2. The van der Waals surface area contributed by atoms with Crippen molar-refractivity contribution in [3.05, 3.63) is 71.0 Å². The summed E-state index contributed by atoms with van der Waals surface area (Å²) in [6.07, 6.45) is 1.97. The normalized spacial score (nSPS) is 19.4. The number of aromatic hydroxyl groups is 1. The van der Waals surface area contributed by atoms with Crippen LogP contribution in [0.5, 0.6) is 23.0 Å². The molecular weight excluding hydrogens is 514 g/mol. The SMILES string of the molecule is CCCOc1ccc(CNC(=O)c2c(OC)cc(O)c3c2OC2=CC(=O)C(C(C)=O)C(=O)[C@]23C)c2ccccc12. The molecule has 0 spiro atoms. The number of nitrogens with one attached hydrogen (secondary N) is 1. The molecule has 0 bridgehead atoms. The van der Waals surface area contributed by atoms with Crippen LogP contribution in [0.2, 0.25) is 0 Å². The van der Waals surface area contributed by atoms with Crippen molar-refractivity contribution in [1.82, 2.24) is 5.32 Å². The number of rotatable bonds is 8. The Balaban J connectivity index is 1.53. The minimum absolute atomic E-state index is 0.0105. The predicted octanol–water partition coefficient (Wildman–Crippen LogP) is 4.16. The van der Waals surface area contributed by atoms with Crippen molar-refractivity contribution in [3.8, 4) is 23.0 Å². The van der Waals surface area contributed by atoms with Crippen LogP contribution in [0.1, 0.15) is 48.7 Å². The molecule has 40 heavy (non-hydrogen) atoms. The number of methoxy groups -OCH3 is 1. The Kier molecular flexibility index (Phi) is 6.83. The second-order valence-corrected chi connectivity index (χ2v) is 10.0. The zero-order valence-electron chi connectivity index (χ0n) is 22.6. The van der Waals surface area contributed by atoms with E-state index in [1.54, 1.807) is 0 Å². The lowest BCUT2D eigenvalue weighted by atomic mass is 9.67. The van der Waals surface area contributed by atoms with Gasteiger partial charge in [-0.15, -0.1) is 0 Å². The largest absolute Gasteiger partial charge is 0.507 e. The Morgan fingerprint density at radius 1 is 1.10 bits per heavy atom. The van der Waals surface area contributed by atoms with E-state index in [2.05, 4.69) is 5.32 Å². The molecule has 1 aliphatic heterocycles. The summed E-state index contributed by atoms with van der Waals surface area (Å²) >= 11 is 0. The van der Waals surface area contributed by atoms with E-state index in [4.69, 9.17) is 14.2 Å². The fraction of sp³-hybridized carbons (Fsp3) is 0.290. The molecule has 5 rings (SSSR count). The van der Waals surface area contributed by atoms with Crippen LogP contribution in [0.3, 0.4) is 0 Å². The molecule has 2 atom stereocenters. The van der Waals surface area contributed by atoms with Crippen molar-refractivity contribution >= 4 is 34.0 Å². The highest BCUT2D eigenvalue weighted by molar-refractivity contribution is 6.27. The Hall–Kier alpha value is -4.66. The number of phenolic OH excluding ortho intramolecular Hbond substituents is 1. The standard InChI is InChI=1S/C31H29NO8/c1-5-12-39-22-11-10-17(18-8-6-7-9-19(18)22)15-32-30(37)26-23(38-4)13-21(35)27-28(26)40-24-14-20(34)25(16(2)33)29(36)31(24,27)3/h6-11,13-14,25,35H,5,12,15H2,1-4H3,(H,32,37)/t25?,31-/m1/s1. The van der Waals surface area contributed by atoms with E-state index in [1.165, 1.54) is 20.1 Å². The van der Waals surface area contributed by atoms with Crippen LogP contribution >= 0.6 is 0 Å². The molecule has 0 radical (unpaired) electrons. The zero-order valence-corrected chi connectivity index (χ0v) is 22.6. The van der Waals surface area contributed by atoms with E-state index in [0.29, 0.717) is 6.61 Å². The van der Waals surface area contributed by atoms with Crippen LogP contribution in [0.25, 0.3) is 10.8 Å². The average molecular weight is 544 g/mol. The summed E-state index contributed by atoms with van der Waals surface area (Å²) in [7, 11) is 1.34. The van der Waals surface area contributed by atoms with Crippen molar-refractivity contribution in [1.29, 1.82) is 0 Å². The Labute approximate surface area is 230 Å². The van der Waals surface area contributed by atoms with Crippen LogP contribution in [-0.2, 0) is 26.3 Å². The molecule has 0 saturated carbocycles. The second-order valence-electron chi connectivity index (χ2n) is 10.0. The molecule has 1 aliphatic carbocycles. The summed E-state index contributed by atoms with van der Waals surface area (Å²) in [6.45, 7) is 5.40. The highest BCUT2D eigenvalue weighted by Gasteiger charge is 2.58. The highest BCUT2D eigenvalue weighted by Crippen LogP contribution is 2.56. The zero-order chi connectivity index (χ0) is 28.8. The van der Waals surface area contributed by atoms with Gasteiger partial charge in [0.2, 0.25) is 0 Å². The van der Waals surface area contributed by atoms with Crippen LogP contribution in [-0.4, -0.2) is 42.1 Å². The number of fused-ring (bicyclic) bond motifs is 4. The van der Waals surface area contributed by atoms with Gasteiger partial charge in [-0.2, -0.15) is 0 Å². The van der Waals surface area contributed by atoms with Gasteiger partial charge in [0.25, 0.3) is 5.91 Å². The molecule has 1 amide bonds. The number of carbonyl (C=O) groups is 4. The number of benzene rings is 3. The fourth-order valence-electron chi connectivity index (χ4n) is 5.44. The maximum absolute atomic E-state index is 13.6. The molecule has 206 valence electrons. The summed E-state index contributed by atoms with van der Waals surface area (Å²) in [5, 5.41) is 15.6. The molecule has 3 aromatic carbocycles. The summed E-state index contributed by atoms with van der Waals surface area (Å²) in [6, 6.07) is 12.7. The summed E-state index contributed by atoms with van der Waals surface area (Å²) in [5.41, 5.74) is -0.818. The van der Waals surface area contributed by atoms with Crippen molar-refractivity contribution in [2.75, 3.05) is 13.7 Å².